The molecule has 1 aliphatic carbocycles. The van der Waals surface area contributed by atoms with Crippen LogP contribution in [0.15, 0.2) is 18.2 Å². The molecule has 0 atom stereocenters. The van der Waals surface area contributed by atoms with Crippen LogP contribution in [0.1, 0.15) is 30.9 Å². The predicted molar refractivity (Wildman–Crippen MR) is 85.4 cm³/mol. The molecule has 1 aromatic rings. The van der Waals surface area contributed by atoms with Crippen LogP contribution in [0.4, 0.5) is 5.69 Å². The summed E-state index contributed by atoms with van der Waals surface area (Å²) >= 11 is 0. The fraction of sp³-hybridized carbons (Fsp3) is 0.647. The quantitative estimate of drug-likeness (QED) is 0.702. The number of nitrogens with one attached hydrogen (secondary N) is 1. The van der Waals surface area contributed by atoms with Crippen molar-refractivity contribution in [3.63, 3.8) is 0 Å². The molecule has 3 heteroatoms. The average Bonchev–Trinajstić information content (AvgIpc) is 3.26. The van der Waals surface area contributed by atoms with Gasteiger partial charge in [0, 0.05) is 39.0 Å². The molecular weight excluding hydrogens is 248 g/mol. The van der Waals surface area contributed by atoms with Crippen LogP contribution in [0, 0.1) is 12.8 Å². The van der Waals surface area contributed by atoms with E-state index in [1.165, 1.54) is 36.2 Å². The molecule has 0 unspecified atom stereocenters. The minimum Gasteiger partial charge on any atom is -0.383 e. The third-order valence-electron chi connectivity index (χ3n) is 3.93. The number of nitrogens with zero attached hydrogens (tertiary/aromatic N) is 1. The summed E-state index contributed by atoms with van der Waals surface area (Å²) in [6.07, 6.45) is 2.81. The first kappa shape index (κ1) is 15.3. The first-order valence-electron chi connectivity index (χ1n) is 7.78. The highest BCUT2D eigenvalue weighted by Crippen LogP contribution is 2.32. The second-order valence-electron chi connectivity index (χ2n) is 5.78. The van der Waals surface area contributed by atoms with Crippen molar-refractivity contribution in [3.05, 3.63) is 29.3 Å². The van der Waals surface area contributed by atoms with Crippen LogP contribution in [0.3, 0.4) is 0 Å². The third kappa shape index (κ3) is 4.50. The smallest absolute Gasteiger partial charge is 0.0587 e. The lowest BCUT2D eigenvalue weighted by atomic mass is 10.1. The van der Waals surface area contributed by atoms with Gasteiger partial charge in [0.15, 0.2) is 0 Å². The Bertz CT molecular complexity index is 415. The van der Waals surface area contributed by atoms with Crippen LogP contribution in [-0.2, 0) is 11.3 Å². The molecule has 0 heterocycles. The first-order valence-corrected chi connectivity index (χ1v) is 7.78. The molecule has 0 spiro atoms. The zero-order chi connectivity index (χ0) is 14.4. The van der Waals surface area contributed by atoms with E-state index in [0.717, 1.165) is 32.2 Å². The van der Waals surface area contributed by atoms with E-state index in [1.807, 2.05) is 0 Å². The molecule has 0 aromatic heterocycles. The monoisotopic (exact) mass is 276 g/mol. The summed E-state index contributed by atoms with van der Waals surface area (Å²) in [5, 5.41) is 3.47. The van der Waals surface area contributed by atoms with Gasteiger partial charge >= 0.3 is 0 Å². The van der Waals surface area contributed by atoms with Gasteiger partial charge < -0.3 is 15.0 Å². The Labute approximate surface area is 123 Å². The summed E-state index contributed by atoms with van der Waals surface area (Å²) < 4.78 is 5.09. The molecule has 1 saturated carbocycles. The van der Waals surface area contributed by atoms with Crippen molar-refractivity contribution in [2.75, 3.05) is 38.3 Å². The van der Waals surface area contributed by atoms with Gasteiger partial charge in [-0.1, -0.05) is 17.7 Å². The maximum absolute atomic E-state index is 5.09. The maximum Gasteiger partial charge on any atom is 0.0587 e. The summed E-state index contributed by atoms with van der Waals surface area (Å²) in [4.78, 5) is 2.53. The second kappa shape index (κ2) is 7.65. The summed E-state index contributed by atoms with van der Waals surface area (Å²) in [7, 11) is 1.74. The molecule has 1 aromatic carbocycles. The average molecular weight is 276 g/mol. The number of anilines is 1. The van der Waals surface area contributed by atoms with E-state index < -0.39 is 0 Å². The highest BCUT2D eigenvalue weighted by molar-refractivity contribution is 5.55. The summed E-state index contributed by atoms with van der Waals surface area (Å²) in [6, 6.07) is 6.82. The van der Waals surface area contributed by atoms with E-state index in [1.54, 1.807) is 7.11 Å². The Kier molecular flexibility index (Phi) is 5.86. The van der Waals surface area contributed by atoms with Crippen LogP contribution in [0.5, 0.6) is 0 Å². The van der Waals surface area contributed by atoms with Crippen molar-refractivity contribution < 1.29 is 4.74 Å². The fourth-order valence-corrected chi connectivity index (χ4v) is 2.57. The lowest BCUT2D eigenvalue weighted by Gasteiger charge is -2.26. The molecule has 3 nitrogen and oxygen atoms in total. The third-order valence-corrected chi connectivity index (χ3v) is 3.93. The lowest BCUT2D eigenvalue weighted by molar-refractivity contribution is 0.199. The minimum absolute atomic E-state index is 0.765. The van der Waals surface area contributed by atoms with Crippen molar-refractivity contribution >= 4 is 5.69 Å². The molecule has 20 heavy (non-hydrogen) atoms. The number of hydrogen-bond donors (Lipinski definition) is 1. The zero-order valence-corrected chi connectivity index (χ0v) is 13.1. The molecule has 2 rings (SSSR count). The predicted octanol–water partition coefficient (Wildman–Crippen LogP) is 2.97. The normalized spacial score (nSPS) is 14.6. The van der Waals surface area contributed by atoms with Gasteiger partial charge in [-0.25, -0.2) is 0 Å². The summed E-state index contributed by atoms with van der Waals surface area (Å²) in [5.74, 6) is 0.922. The number of hydrogen-bond acceptors (Lipinski definition) is 3. The number of ether oxygens (including phenoxy) is 1. The van der Waals surface area contributed by atoms with Crippen molar-refractivity contribution in [1.82, 2.24) is 5.32 Å². The van der Waals surface area contributed by atoms with Crippen LogP contribution in [0.2, 0.25) is 0 Å². The SMILES string of the molecule is CCN(CC1CC1)c1ccc(C)cc1CNCCOC. The molecule has 0 bridgehead atoms. The molecule has 1 aliphatic rings. The largest absolute Gasteiger partial charge is 0.383 e. The number of rotatable bonds is 9. The fourth-order valence-electron chi connectivity index (χ4n) is 2.57. The summed E-state index contributed by atoms with van der Waals surface area (Å²) in [5.41, 5.74) is 4.14. The Balaban J connectivity index is 2.04. The Hall–Kier alpha value is -1.06. The molecule has 1 N–H and O–H groups in total. The molecule has 0 saturated heterocycles. The number of methoxy groups -OCH3 is 1. The van der Waals surface area contributed by atoms with Crippen LogP contribution in [0.25, 0.3) is 0 Å². The van der Waals surface area contributed by atoms with E-state index >= 15 is 0 Å². The van der Waals surface area contributed by atoms with Gasteiger partial charge in [-0.15, -0.1) is 0 Å². The molecule has 0 amide bonds. The van der Waals surface area contributed by atoms with Gasteiger partial charge in [-0.05, 0) is 44.2 Å². The standard InChI is InChI=1S/C17H28N2O/c1-4-19(13-15-6-7-15)17-8-5-14(2)11-16(17)12-18-9-10-20-3/h5,8,11,15,18H,4,6-7,9-10,12-13H2,1-3H3. The van der Waals surface area contributed by atoms with E-state index in [4.69, 9.17) is 4.74 Å². The topological polar surface area (TPSA) is 24.5 Å². The van der Waals surface area contributed by atoms with Gasteiger partial charge in [0.25, 0.3) is 0 Å². The first-order chi connectivity index (χ1) is 9.74. The van der Waals surface area contributed by atoms with Gasteiger partial charge in [0.1, 0.15) is 0 Å². The lowest BCUT2D eigenvalue weighted by Crippen LogP contribution is -2.28. The molecule has 0 aliphatic heterocycles. The van der Waals surface area contributed by atoms with Gasteiger partial charge in [-0.2, -0.15) is 0 Å². The van der Waals surface area contributed by atoms with Crippen molar-refractivity contribution in [2.45, 2.75) is 33.2 Å². The molecular formula is C17H28N2O. The maximum atomic E-state index is 5.09. The second-order valence-corrected chi connectivity index (χ2v) is 5.78. The molecule has 0 radical (unpaired) electrons. The van der Waals surface area contributed by atoms with Gasteiger partial charge in [0.05, 0.1) is 6.61 Å². The Morgan fingerprint density at radius 3 is 2.80 bits per heavy atom. The van der Waals surface area contributed by atoms with E-state index in [9.17, 15) is 0 Å². The van der Waals surface area contributed by atoms with E-state index in [2.05, 4.69) is 42.3 Å². The number of aryl methyl sites for hydroxylation is 1. The highest BCUT2D eigenvalue weighted by Gasteiger charge is 2.24. The Morgan fingerprint density at radius 1 is 1.35 bits per heavy atom. The minimum atomic E-state index is 0.765. The zero-order valence-electron chi connectivity index (χ0n) is 13.1. The Morgan fingerprint density at radius 2 is 2.15 bits per heavy atom. The molecule has 1 fully saturated rings. The van der Waals surface area contributed by atoms with Crippen molar-refractivity contribution in [3.8, 4) is 0 Å². The van der Waals surface area contributed by atoms with Crippen LogP contribution in [-0.4, -0.2) is 33.4 Å². The van der Waals surface area contributed by atoms with Crippen LogP contribution < -0.4 is 10.2 Å². The van der Waals surface area contributed by atoms with Gasteiger partial charge in [-0.3, -0.25) is 0 Å². The number of benzene rings is 1. The van der Waals surface area contributed by atoms with Crippen LogP contribution >= 0.6 is 0 Å². The van der Waals surface area contributed by atoms with E-state index in [0.29, 0.717) is 0 Å². The van der Waals surface area contributed by atoms with Crippen molar-refractivity contribution in [1.29, 1.82) is 0 Å². The summed E-state index contributed by atoms with van der Waals surface area (Å²) in [6.45, 7) is 9.31. The molecule has 112 valence electrons. The highest BCUT2D eigenvalue weighted by atomic mass is 16.5. The van der Waals surface area contributed by atoms with Gasteiger partial charge in [0.2, 0.25) is 0 Å². The van der Waals surface area contributed by atoms with Crippen molar-refractivity contribution in [2.24, 2.45) is 5.92 Å². The van der Waals surface area contributed by atoms with E-state index in [-0.39, 0.29) is 0 Å².